The van der Waals surface area contributed by atoms with Crippen LogP contribution in [-0.4, -0.2) is 18.0 Å². The van der Waals surface area contributed by atoms with Gasteiger partial charge in [-0.15, -0.1) is 11.3 Å². The molecule has 4 aromatic rings. The van der Waals surface area contributed by atoms with E-state index in [1.54, 1.807) is 48.9 Å². The van der Waals surface area contributed by atoms with Crippen LogP contribution in [-0.2, 0) is 23.6 Å². The molecule has 0 saturated heterocycles. The highest BCUT2D eigenvalue weighted by Gasteiger charge is 2.23. The first-order valence-corrected chi connectivity index (χ1v) is 11.1. The summed E-state index contributed by atoms with van der Waals surface area (Å²) in [6, 6.07) is 11.1. The predicted octanol–water partition coefficient (Wildman–Crippen LogP) is 4.33. The molecular formula is C20H18FN3O3S2. The van der Waals surface area contributed by atoms with Gasteiger partial charge in [-0.2, -0.15) is 0 Å². The molecule has 4 rings (SSSR count). The molecule has 1 N–H and O–H groups in total. The smallest absolute Gasteiger partial charge is 0.242 e. The second-order valence-corrected chi connectivity index (χ2v) is 9.08. The van der Waals surface area contributed by atoms with Crippen LogP contribution in [0.3, 0.4) is 0 Å². The maximum Gasteiger partial charge on any atom is 0.242 e. The minimum atomic E-state index is -3.72. The van der Waals surface area contributed by atoms with Crippen molar-refractivity contribution < 1.29 is 17.2 Å². The Morgan fingerprint density at radius 3 is 2.69 bits per heavy atom. The number of hydrogen-bond donors (Lipinski definition) is 1. The van der Waals surface area contributed by atoms with Crippen LogP contribution in [0.4, 0.5) is 4.39 Å². The second-order valence-electron chi connectivity index (χ2n) is 6.49. The van der Waals surface area contributed by atoms with Crippen molar-refractivity contribution in [3.63, 3.8) is 0 Å². The lowest BCUT2D eigenvalue weighted by Crippen LogP contribution is -2.23. The number of thiazole rings is 1. The number of furan rings is 1. The molecule has 29 heavy (non-hydrogen) atoms. The zero-order chi connectivity index (χ0) is 20.6. The van der Waals surface area contributed by atoms with Crippen molar-refractivity contribution >= 4 is 21.4 Å². The molecule has 0 saturated carbocycles. The molecule has 150 valence electrons. The minimum Gasteiger partial charge on any atom is -0.468 e. The first kappa shape index (κ1) is 19.6. The molecule has 0 fully saturated rings. The summed E-state index contributed by atoms with van der Waals surface area (Å²) in [6.45, 7) is 1.82. The lowest BCUT2D eigenvalue weighted by Gasteiger charge is -2.05. The van der Waals surface area contributed by atoms with Crippen molar-refractivity contribution in [3.8, 4) is 22.0 Å². The van der Waals surface area contributed by atoms with E-state index >= 15 is 0 Å². The lowest BCUT2D eigenvalue weighted by atomic mass is 10.2. The highest BCUT2D eigenvalue weighted by atomic mass is 32.2. The average Bonchev–Trinajstić information content (AvgIpc) is 3.43. The topological polar surface area (TPSA) is 77.1 Å². The van der Waals surface area contributed by atoms with Gasteiger partial charge in [0.25, 0.3) is 0 Å². The van der Waals surface area contributed by atoms with Crippen molar-refractivity contribution in [1.29, 1.82) is 0 Å². The number of benzene rings is 1. The van der Waals surface area contributed by atoms with E-state index in [-0.39, 0.29) is 17.3 Å². The van der Waals surface area contributed by atoms with Crippen LogP contribution in [0, 0.1) is 12.7 Å². The van der Waals surface area contributed by atoms with E-state index in [0.717, 1.165) is 5.56 Å². The van der Waals surface area contributed by atoms with E-state index < -0.39 is 10.0 Å². The van der Waals surface area contributed by atoms with Crippen molar-refractivity contribution in [2.24, 2.45) is 7.05 Å². The summed E-state index contributed by atoms with van der Waals surface area (Å²) in [5.41, 5.74) is 2.81. The van der Waals surface area contributed by atoms with Crippen molar-refractivity contribution in [1.82, 2.24) is 14.3 Å². The fourth-order valence-electron chi connectivity index (χ4n) is 2.95. The fourth-order valence-corrected chi connectivity index (χ4v) is 5.11. The van der Waals surface area contributed by atoms with Crippen LogP contribution in [0.25, 0.3) is 22.0 Å². The first-order valence-electron chi connectivity index (χ1n) is 8.75. The first-order chi connectivity index (χ1) is 13.8. The zero-order valence-corrected chi connectivity index (χ0v) is 17.3. The minimum absolute atomic E-state index is 0.0744. The Morgan fingerprint density at radius 2 is 2.00 bits per heavy atom. The van der Waals surface area contributed by atoms with E-state index in [0.29, 0.717) is 27.8 Å². The summed E-state index contributed by atoms with van der Waals surface area (Å²) in [6.07, 6.45) is 1.50. The number of hydrogen-bond acceptors (Lipinski definition) is 5. The number of nitrogens with one attached hydrogen (secondary N) is 1. The molecule has 3 aromatic heterocycles. The number of sulfonamides is 1. The van der Waals surface area contributed by atoms with E-state index in [1.807, 2.05) is 5.38 Å². The second kappa shape index (κ2) is 7.58. The Labute approximate surface area is 171 Å². The van der Waals surface area contributed by atoms with E-state index in [9.17, 15) is 12.8 Å². The van der Waals surface area contributed by atoms with Crippen LogP contribution in [0.1, 0.15) is 11.5 Å². The summed E-state index contributed by atoms with van der Waals surface area (Å²) in [4.78, 5) is 4.80. The van der Waals surface area contributed by atoms with Gasteiger partial charge >= 0.3 is 0 Å². The Morgan fingerprint density at radius 1 is 1.24 bits per heavy atom. The third-order valence-corrected chi connectivity index (χ3v) is 7.04. The quantitative estimate of drug-likeness (QED) is 0.493. The third-order valence-electron chi connectivity index (χ3n) is 4.66. The summed E-state index contributed by atoms with van der Waals surface area (Å²) < 4.78 is 48.3. The van der Waals surface area contributed by atoms with Crippen LogP contribution in [0.2, 0.25) is 0 Å². The lowest BCUT2D eigenvalue weighted by molar-refractivity contribution is 0.498. The van der Waals surface area contributed by atoms with Gasteiger partial charge in [0.15, 0.2) is 0 Å². The monoisotopic (exact) mass is 431 g/mol. The largest absolute Gasteiger partial charge is 0.468 e. The fraction of sp³-hybridized carbons (Fsp3) is 0.150. The van der Waals surface area contributed by atoms with Gasteiger partial charge in [-0.05, 0) is 49.4 Å². The molecule has 0 aliphatic rings. The molecule has 6 nitrogen and oxygen atoms in total. The number of halogens is 1. The predicted molar refractivity (Wildman–Crippen MR) is 109 cm³/mol. The molecule has 9 heteroatoms. The van der Waals surface area contributed by atoms with E-state index in [2.05, 4.69) is 9.71 Å². The SMILES string of the molecule is Cc1c(S(=O)(=O)NCc2ccco2)cc(-c2nc(-c3ccc(F)cc3)cs2)n1C. The van der Waals surface area contributed by atoms with E-state index in [4.69, 9.17) is 4.42 Å². The van der Waals surface area contributed by atoms with Gasteiger partial charge in [0.2, 0.25) is 10.0 Å². The van der Waals surface area contributed by atoms with Crippen LogP contribution >= 0.6 is 11.3 Å². The van der Waals surface area contributed by atoms with Crippen molar-refractivity contribution in [2.75, 3.05) is 0 Å². The average molecular weight is 432 g/mol. The van der Waals surface area contributed by atoms with Gasteiger partial charge in [-0.1, -0.05) is 0 Å². The van der Waals surface area contributed by atoms with Gasteiger partial charge in [-0.3, -0.25) is 0 Å². The van der Waals surface area contributed by atoms with Gasteiger partial charge < -0.3 is 8.98 Å². The third kappa shape index (κ3) is 3.89. The standard InChI is InChI=1S/C20H18FN3O3S2/c1-13-19(29(25,26)22-11-16-4-3-9-27-16)10-18(24(13)2)20-23-17(12-28-20)14-5-7-15(21)8-6-14/h3-10,12,22H,11H2,1-2H3. The number of rotatable bonds is 6. The van der Waals surface area contributed by atoms with Crippen molar-refractivity contribution in [2.45, 2.75) is 18.4 Å². The summed E-state index contributed by atoms with van der Waals surface area (Å²) in [5.74, 6) is 0.227. The van der Waals surface area contributed by atoms with Gasteiger partial charge in [0.05, 0.1) is 24.2 Å². The number of aromatic nitrogens is 2. The summed E-state index contributed by atoms with van der Waals surface area (Å²) in [5, 5.41) is 2.55. The van der Waals surface area contributed by atoms with Gasteiger partial charge in [0.1, 0.15) is 21.5 Å². The molecule has 0 spiro atoms. The molecule has 0 amide bonds. The molecule has 0 aliphatic heterocycles. The maximum absolute atomic E-state index is 13.1. The molecule has 0 aliphatic carbocycles. The Balaban J connectivity index is 1.64. The molecular weight excluding hydrogens is 413 g/mol. The van der Waals surface area contributed by atoms with E-state index in [1.165, 1.54) is 29.7 Å². The molecule has 0 unspecified atom stereocenters. The molecule has 0 atom stereocenters. The van der Waals surface area contributed by atoms with Gasteiger partial charge in [-0.25, -0.2) is 22.5 Å². The Kier molecular flexibility index (Phi) is 5.12. The molecule has 3 heterocycles. The zero-order valence-electron chi connectivity index (χ0n) is 15.7. The van der Waals surface area contributed by atoms with Crippen LogP contribution in [0.5, 0.6) is 0 Å². The highest BCUT2D eigenvalue weighted by Crippen LogP contribution is 2.32. The molecule has 0 bridgehead atoms. The Hall–Kier alpha value is -2.75. The highest BCUT2D eigenvalue weighted by molar-refractivity contribution is 7.89. The normalized spacial score (nSPS) is 11.8. The summed E-state index contributed by atoms with van der Waals surface area (Å²) >= 11 is 1.40. The van der Waals surface area contributed by atoms with Crippen LogP contribution in [0.15, 0.2) is 63.4 Å². The van der Waals surface area contributed by atoms with Crippen LogP contribution < -0.4 is 4.72 Å². The Bertz CT molecular complexity index is 1240. The van der Waals surface area contributed by atoms with Crippen molar-refractivity contribution in [3.05, 3.63) is 71.4 Å². The summed E-state index contributed by atoms with van der Waals surface area (Å²) in [7, 11) is -1.92. The molecule has 0 radical (unpaired) electrons. The number of nitrogens with zero attached hydrogens (tertiary/aromatic N) is 2. The van der Waals surface area contributed by atoms with Gasteiger partial charge in [0, 0.05) is 23.7 Å². The molecule has 1 aromatic carbocycles. The maximum atomic E-state index is 13.1.